The van der Waals surface area contributed by atoms with Crippen LogP contribution in [0.15, 0.2) is 42.5 Å². The smallest absolute Gasteiger partial charge is 0.347 e. The molecule has 0 aliphatic heterocycles. The van der Waals surface area contributed by atoms with Crippen molar-refractivity contribution in [3.63, 3.8) is 0 Å². The zero-order chi connectivity index (χ0) is 24.8. The quantitative estimate of drug-likeness (QED) is 0.174. The highest BCUT2D eigenvalue weighted by molar-refractivity contribution is 5.94. The molecule has 0 amide bonds. The van der Waals surface area contributed by atoms with E-state index in [1.807, 2.05) is 31.1 Å². The van der Waals surface area contributed by atoms with Gasteiger partial charge in [0.15, 0.2) is 0 Å². The Hall–Kier alpha value is -3.02. The Morgan fingerprint density at radius 2 is 1.32 bits per heavy atom. The van der Waals surface area contributed by atoms with E-state index in [0.29, 0.717) is 12.2 Å². The normalized spacial score (nSPS) is 10.7. The number of hydrogen-bond acceptors (Lipinski definition) is 6. The molecule has 0 unspecified atom stereocenters. The molecule has 0 bridgehead atoms. The van der Waals surface area contributed by atoms with E-state index in [4.69, 9.17) is 9.47 Å². The molecule has 0 radical (unpaired) electrons. The fourth-order valence-electron chi connectivity index (χ4n) is 3.66. The molecule has 34 heavy (non-hydrogen) atoms. The minimum Gasteiger partial charge on any atom is -0.507 e. The highest BCUT2D eigenvalue weighted by atomic mass is 16.5. The molecule has 186 valence electrons. The third-order valence-electron chi connectivity index (χ3n) is 5.72. The Bertz CT molecular complexity index is 892. The fraction of sp³-hybridized carbons (Fsp3) is 0.500. The molecule has 0 spiro atoms. The molecule has 0 heterocycles. The van der Waals surface area contributed by atoms with Gasteiger partial charge in [0.25, 0.3) is 0 Å². The molecule has 0 aliphatic carbocycles. The standard InChI is InChI=1S/C28H39NO5/c1-4-5-6-7-8-9-10-11-12-13-14-27(31)33-24-19-20-25(26(30)21-24)28(32)34-23-17-15-22(16-18-23)29(2)3/h15-21,30H,4-14H2,1-3H3. The summed E-state index contributed by atoms with van der Waals surface area (Å²) in [4.78, 5) is 26.4. The van der Waals surface area contributed by atoms with Gasteiger partial charge in [-0.25, -0.2) is 4.79 Å². The van der Waals surface area contributed by atoms with E-state index in [1.165, 1.54) is 63.1 Å². The van der Waals surface area contributed by atoms with Crippen molar-refractivity contribution in [2.45, 2.75) is 77.6 Å². The van der Waals surface area contributed by atoms with Crippen LogP contribution < -0.4 is 14.4 Å². The van der Waals surface area contributed by atoms with Crippen LogP contribution >= 0.6 is 0 Å². The summed E-state index contributed by atoms with van der Waals surface area (Å²) in [5, 5.41) is 10.2. The van der Waals surface area contributed by atoms with Gasteiger partial charge in [-0.15, -0.1) is 0 Å². The van der Waals surface area contributed by atoms with E-state index in [0.717, 1.165) is 24.9 Å². The SMILES string of the molecule is CCCCCCCCCCCCC(=O)Oc1ccc(C(=O)Oc2ccc(N(C)C)cc2)c(O)c1. The first-order valence-corrected chi connectivity index (χ1v) is 12.4. The topological polar surface area (TPSA) is 76.1 Å². The molecule has 0 saturated carbocycles. The Morgan fingerprint density at radius 1 is 0.765 bits per heavy atom. The third-order valence-corrected chi connectivity index (χ3v) is 5.72. The Labute approximate surface area is 203 Å². The van der Waals surface area contributed by atoms with Crippen molar-refractivity contribution >= 4 is 17.6 Å². The number of benzene rings is 2. The summed E-state index contributed by atoms with van der Waals surface area (Å²) in [5.74, 6) is -0.726. The first-order chi connectivity index (χ1) is 16.4. The first-order valence-electron chi connectivity index (χ1n) is 12.4. The van der Waals surface area contributed by atoms with E-state index in [1.54, 1.807) is 12.1 Å². The van der Waals surface area contributed by atoms with Crippen LogP contribution in [0.4, 0.5) is 5.69 Å². The second kappa shape index (κ2) is 15.0. The van der Waals surface area contributed by atoms with Crippen LogP contribution in [0.1, 0.15) is 87.9 Å². The van der Waals surface area contributed by atoms with Gasteiger partial charge in [0.2, 0.25) is 0 Å². The van der Waals surface area contributed by atoms with Gasteiger partial charge in [0.05, 0.1) is 0 Å². The number of ether oxygens (including phenoxy) is 2. The van der Waals surface area contributed by atoms with Crippen LogP contribution in [-0.2, 0) is 4.79 Å². The number of unbranched alkanes of at least 4 members (excludes halogenated alkanes) is 9. The largest absolute Gasteiger partial charge is 0.507 e. The Balaban J connectivity index is 1.70. The van der Waals surface area contributed by atoms with Gasteiger partial charge >= 0.3 is 11.9 Å². The first kappa shape index (κ1) is 27.2. The molecule has 2 aromatic rings. The summed E-state index contributed by atoms with van der Waals surface area (Å²) in [6.07, 6.45) is 12.3. The number of esters is 2. The van der Waals surface area contributed by atoms with Crippen LogP contribution in [0.25, 0.3) is 0 Å². The van der Waals surface area contributed by atoms with E-state index >= 15 is 0 Å². The molecular weight excluding hydrogens is 430 g/mol. The average Bonchev–Trinajstić information content (AvgIpc) is 2.80. The number of anilines is 1. The summed E-state index contributed by atoms with van der Waals surface area (Å²) in [5.41, 5.74) is 0.984. The molecule has 2 rings (SSSR count). The molecule has 0 aromatic heterocycles. The number of aromatic hydroxyl groups is 1. The summed E-state index contributed by atoms with van der Waals surface area (Å²) < 4.78 is 10.6. The monoisotopic (exact) mass is 469 g/mol. The number of hydrogen-bond donors (Lipinski definition) is 1. The summed E-state index contributed by atoms with van der Waals surface area (Å²) in [7, 11) is 3.84. The second-order valence-corrected chi connectivity index (χ2v) is 8.86. The minimum atomic E-state index is -0.682. The van der Waals surface area contributed by atoms with Crippen molar-refractivity contribution in [2.75, 3.05) is 19.0 Å². The zero-order valence-corrected chi connectivity index (χ0v) is 20.8. The summed E-state index contributed by atoms with van der Waals surface area (Å²) >= 11 is 0. The van der Waals surface area contributed by atoms with Crippen molar-refractivity contribution in [2.24, 2.45) is 0 Å². The number of rotatable bonds is 15. The van der Waals surface area contributed by atoms with Gasteiger partial charge < -0.3 is 19.5 Å². The van der Waals surface area contributed by atoms with E-state index in [-0.39, 0.29) is 23.0 Å². The van der Waals surface area contributed by atoms with Crippen molar-refractivity contribution in [1.82, 2.24) is 0 Å². The lowest BCUT2D eigenvalue weighted by atomic mass is 10.1. The predicted octanol–water partition coefficient (Wildman–Crippen LogP) is 6.89. The number of carbonyl (C=O) groups excluding carboxylic acids is 2. The molecule has 2 aromatic carbocycles. The highest BCUT2D eigenvalue weighted by Gasteiger charge is 2.16. The van der Waals surface area contributed by atoms with Gasteiger partial charge in [-0.1, -0.05) is 64.7 Å². The van der Waals surface area contributed by atoms with E-state index in [2.05, 4.69) is 6.92 Å². The third kappa shape index (κ3) is 9.86. The number of phenols is 1. The van der Waals surface area contributed by atoms with Gasteiger partial charge in [-0.05, 0) is 42.8 Å². The van der Waals surface area contributed by atoms with Crippen LogP contribution in [-0.4, -0.2) is 31.1 Å². The molecule has 0 saturated heterocycles. The maximum Gasteiger partial charge on any atom is 0.347 e. The lowest BCUT2D eigenvalue weighted by molar-refractivity contribution is -0.134. The predicted molar refractivity (Wildman–Crippen MR) is 136 cm³/mol. The van der Waals surface area contributed by atoms with E-state index < -0.39 is 5.97 Å². The van der Waals surface area contributed by atoms with Gasteiger partial charge in [0.1, 0.15) is 22.8 Å². The van der Waals surface area contributed by atoms with Crippen LogP contribution in [0.3, 0.4) is 0 Å². The fourth-order valence-corrected chi connectivity index (χ4v) is 3.66. The second-order valence-electron chi connectivity index (χ2n) is 8.86. The number of phenolic OH excluding ortho intramolecular Hbond substituents is 1. The molecular formula is C28H39NO5. The van der Waals surface area contributed by atoms with Gasteiger partial charge in [0, 0.05) is 32.3 Å². The molecule has 0 fully saturated rings. The summed E-state index contributed by atoms with van der Waals surface area (Å²) in [6, 6.07) is 11.2. The Morgan fingerprint density at radius 3 is 1.88 bits per heavy atom. The maximum absolute atomic E-state index is 12.4. The molecule has 0 aliphatic rings. The van der Waals surface area contributed by atoms with Gasteiger partial charge in [-0.3, -0.25) is 4.79 Å². The van der Waals surface area contributed by atoms with E-state index in [9.17, 15) is 14.7 Å². The van der Waals surface area contributed by atoms with Crippen molar-refractivity contribution < 1.29 is 24.2 Å². The summed E-state index contributed by atoms with van der Waals surface area (Å²) in [6.45, 7) is 2.23. The number of carbonyl (C=O) groups is 2. The molecule has 1 N–H and O–H groups in total. The maximum atomic E-state index is 12.4. The average molecular weight is 470 g/mol. The van der Waals surface area contributed by atoms with Crippen molar-refractivity contribution in [3.8, 4) is 17.2 Å². The minimum absolute atomic E-state index is 0.00572. The zero-order valence-electron chi connectivity index (χ0n) is 20.8. The molecule has 0 atom stereocenters. The van der Waals surface area contributed by atoms with Gasteiger partial charge in [-0.2, -0.15) is 0 Å². The van der Waals surface area contributed by atoms with Crippen molar-refractivity contribution in [1.29, 1.82) is 0 Å². The molecule has 6 heteroatoms. The van der Waals surface area contributed by atoms with Crippen LogP contribution in [0.5, 0.6) is 17.2 Å². The number of nitrogens with zero attached hydrogens (tertiary/aromatic N) is 1. The highest BCUT2D eigenvalue weighted by Crippen LogP contribution is 2.26. The molecule has 6 nitrogen and oxygen atoms in total. The Kier molecular flexibility index (Phi) is 12.0. The van der Waals surface area contributed by atoms with Crippen LogP contribution in [0, 0.1) is 0 Å². The lowest BCUT2D eigenvalue weighted by Crippen LogP contribution is -2.11. The van der Waals surface area contributed by atoms with Crippen LogP contribution in [0.2, 0.25) is 0 Å². The van der Waals surface area contributed by atoms with Crippen molar-refractivity contribution in [3.05, 3.63) is 48.0 Å². The lowest BCUT2D eigenvalue weighted by Gasteiger charge is -2.13.